The molecule has 0 radical (unpaired) electrons. The minimum absolute atomic E-state index is 0.333. The third kappa shape index (κ3) is 4.38. The van der Waals surface area contributed by atoms with Crippen molar-refractivity contribution in [3.8, 4) is 22.6 Å². The van der Waals surface area contributed by atoms with Crippen molar-refractivity contribution in [2.45, 2.75) is 33.6 Å². The number of esters is 1. The van der Waals surface area contributed by atoms with Gasteiger partial charge in [0.05, 0.1) is 11.0 Å². The van der Waals surface area contributed by atoms with E-state index in [2.05, 4.69) is 123 Å². The van der Waals surface area contributed by atoms with Gasteiger partial charge in [0.25, 0.3) is 0 Å². The maximum atomic E-state index is 12.1. The molecule has 0 amide bonds. The second kappa shape index (κ2) is 10.2. The first-order chi connectivity index (χ1) is 19.3. The summed E-state index contributed by atoms with van der Waals surface area (Å²) in [6.45, 7) is 12.2. The molecule has 6 rings (SSSR count). The number of nitrogens with zero attached hydrogens (tertiary/aromatic N) is 1. The van der Waals surface area contributed by atoms with E-state index in [1.807, 2.05) is 12.1 Å². The van der Waals surface area contributed by atoms with E-state index in [0.717, 1.165) is 11.1 Å². The highest BCUT2D eigenvalue weighted by Crippen LogP contribution is 2.40. The zero-order valence-electron chi connectivity index (χ0n) is 23.4. The van der Waals surface area contributed by atoms with Crippen molar-refractivity contribution in [2.75, 3.05) is 0 Å². The molecule has 0 saturated heterocycles. The van der Waals surface area contributed by atoms with Crippen LogP contribution in [-0.4, -0.2) is 10.5 Å². The molecule has 1 aromatic heterocycles. The summed E-state index contributed by atoms with van der Waals surface area (Å²) in [5.74, 6) is 0.920. The van der Waals surface area contributed by atoms with E-state index in [1.54, 1.807) is 6.92 Å². The number of benzene rings is 5. The molecule has 40 heavy (non-hydrogen) atoms. The van der Waals surface area contributed by atoms with Crippen LogP contribution in [0.3, 0.4) is 0 Å². The van der Waals surface area contributed by atoms with Crippen LogP contribution in [0.1, 0.15) is 39.2 Å². The summed E-state index contributed by atoms with van der Waals surface area (Å²) in [6.07, 6.45) is 0. The zero-order valence-corrected chi connectivity index (χ0v) is 23.4. The molecule has 1 atom stereocenters. The Morgan fingerprint density at radius 2 is 1.38 bits per heavy atom. The zero-order chi connectivity index (χ0) is 28.0. The molecule has 3 heteroatoms. The fourth-order valence-electron chi connectivity index (χ4n) is 5.66. The number of para-hydroxylation sites is 2. The van der Waals surface area contributed by atoms with Gasteiger partial charge in [-0.3, -0.25) is 0 Å². The fraction of sp³-hybridized carbons (Fsp3) is 0.162. The molecule has 0 aliphatic carbocycles. The van der Waals surface area contributed by atoms with E-state index in [1.165, 1.54) is 43.9 Å². The Morgan fingerprint density at radius 1 is 0.750 bits per heavy atom. The Hall–Kier alpha value is -4.63. The first-order valence-electron chi connectivity index (χ1n) is 13.9. The van der Waals surface area contributed by atoms with Crippen LogP contribution in [0.5, 0.6) is 5.75 Å². The number of carbonyl (C=O) groups is 1. The largest absolute Gasteiger partial charge is 0.423 e. The second-order valence-corrected chi connectivity index (χ2v) is 11.0. The van der Waals surface area contributed by atoms with Gasteiger partial charge in [-0.15, -0.1) is 0 Å². The Labute approximate surface area is 235 Å². The Morgan fingerprint density at radius 3 is 1.98 bits per heavy atom. The van der Waals surface area contributed by atoms with Crippen LogP contribution in [0.2, 0.25) is 0 Å². The van der Waals surface area contributed by atoms with Gasteiger partial charge >= 0.3 is 5.97 Å². The first-order valence-corrected chi connectivity index (χ1v) is 13.9. The van der Waals surface area contributed by atoms with Crippen LogP contribution < -0.4 is 4.74 Å². The standard InChI is InChI=1S/C37H33NO2/c1-23(2)25(5)36-30(20-16-27-22-29(19-21-31(27)36)40-37(39)24(3)4)26-14-17-28(18-15-26)38-34-12-8-6-10-32(34)33-11-7-9-13-35(33)38/h6-23,25H,3H2,1-2,4-5H3. The number of hydrogen-bond donors (Lipinski definition) is 0. The van der Waals surface area contributed by atoms with Crippen molar-refractivity contribution in [3.05, 3.63) is 121 Å². The summed E-state index contributed by atoms with van der Waals surface area (Å²) < 4.78 is 7.86. The molecule has 1 heterocycles. The predicted octanol–water partition coefficient (Wildman–Crippen LogP) is 9.84. The van der Waals surface area contributed by atoms with Crippen LogP contribution in [0, 0.1) is 5.92 Å². The van der Waals surface area contributed by atoms with Crippen LogP contribution in [0.15, 0.2) is 115 Å². The third-order valence-electron chi connectivity index (χ3n) is 8.06. The average molecular weight is 524 g/mol. The maximum Gasteiger partial charge on any atom is 0.338 e. The molecule has 0 spiro atoms. The van der Waals surface area contributed by atoms with Gasteiger partial charge in [-0.1, -0.05) is 94.1 Å². The Bertz CT molecular complexity index is 1850. The molecule has 0 fully saturated rings. The van der Waals surface area contributed by atoms with Gasteiger partial charge in [-0.25, -0.2) is 4.79 Å². The lowest BCUT2D eigenvalue weighted by Gasteiger charge is -2.23. The van der Waals surface area contributed by atoms with Gasteiger partial charge in [-0.05, 0) is 82.6 Å². The van der Waals surface area contributed by atoms with Gasteiger partial charge in [0.1, 0.15) is 5.75 Å². The molecule has 0 saturated carbocycles. The third-order valence-corrected chi connectivity index (χ3v) is 8.06. The van der Waals surface area contributed by atoms with Crippen LogP contribution in [-0.2, 0) is 4.79 Å². The minimum atomic E-state index is -0.407. The second-order valence-electron chi connectivity index (χ2n) is 11.0. The van der Waals surface area contributed by atoms with Crippen LogP contribution in [0.4, 0.5) is 0 Å². The first kappa shape index (κ1) is 25.6. The molecule has 0 N–H and O–H groups in total. The minimum Gasteiger partial charge on any atom is -0.423 e. The molecule has 1 unspecified atom stereocenters. The van der Waals surface area contributed by atoms with Crippen molar-refractivity contribution >= 4 is 38.5 Å². The number of hydrogen-bond acceptors (Lipinski definition) is 2. The van der Waals surface area contributed by atoms with E-state index >= 15 is 0 Å². The van der Waals surface area contributed by atoms with Crippen molar-refractivity contribution in [1.82, 2.24) is 4.57 Å². The van der Waals surface area contributed by atoms with E-state index < -0.39 is 5.97 Å². The maximum absolute atomic E-state index is 12.1. The molecular formula is C37H33NO2. The number of rotatable bonds is 6. The molecular weight excluding hydrogens is 490 g/mol. The Kier molecular flexibility index (Phi) is 6.51. The molecule has 0 bridgehead atoms. The Balaban J connectivity index is 1.46. The van der Waals surface area contributed by atoms with Gasteiger partial charge in [0, 0.05) is 22.0 Å². The summed E-state index contributed by atoms with van der Waals surface area (Å²) in [7, 11) is 0. The van der Waals surface area contributed by atoms with Gasteiger partial charge < -0.3 is 9.30 Å². The van der Waals surface area contributed by atoms with Gasteiger partial charge in [0.2, 0.25) is 0 Å². The summed E-state index contributed by atoms with van der Waals surface area (Å²) in [5.41, 5.74) is 7.67. The van der Waals surface area contributed by atoms with Crippen molar-refractivity contribution < 1.29 is 9.53 Å². The highest BCUT2D eigenvalue weighted by Gasteiger charge is 2.20. The number of fused-ring (bicyclic) bond motifs is 4. The molecule has 6 aromatic rings. The van der Waals surface area contributed by atoms with Crippen molar-refractivity contribution in [2.24, 2.45) is 5.92 Å². The molecule has 198 valence electrons. The highest BCUT2D eigenvalue weighted by atomic mass is 16.5. The number of carbonyl (C=O) groups excluding carboxylic acids is 1. The SMILES string of the molecule is C=C(C)C(=O)Oc1ccc2c(C(C)C(C)C)c(-c3ccc(-n4c5ccccc5c5ccccc54)cc3)ccc2c1. The van der Waals surface area contributed by atoms with E-state index in [-0.39, 0.29) is 0 Å². The summed E-state index contributed by atoms with van der Waals surface area (Å²) in [6, 6.07) is 36.4. The fourth-order valence-corrected chi connectivity index (χ4v) is 5.66. The summed E-state index contributed by atoms with van der Waals surface area (Å²) >= 11 is 0. The number of aromatic nitrogens is 1. The normalized spacial score (nSPS) is 12.3. The molecule has 5 aromatic carbocycles. The monoisotopic (exact) mass is 523 g/mol. The van der Waals surface area contributed by atoms with E-state index in [9.17, 15) is 4.79 Å². The van der Waals surface area contributed by atoms with E-state index in [0.29, 0.717) is 23.2 Å². The summed E-state index contributed by atoms with van der Waals surface area (Å²) in [5, 5.41) is 4.76. The smallest absolute Gasteiger partial charge is 0.338 e. The van der Waals surface area contributed by atoms with Gasteiger partial charge in [-0.2, -0.15) is 0 Å². The van der Waals surface area contributed by atoms with Crippen molar-refractivity contribution in [1.29, 1.82) is 0 Å². The summed E-state index contributed by atoms with van der Waals surface area (Å²) in [4.78, 5) is 12.1. The number of ether oxygens (including phenoxy) is 1. The molecule has 0 aliphatic heterocycles. The lowest BCUT2D eigenvalue weighted by Crippen LogP contribution is -2.08. The molecule has 0 aliphatic rings. The molecule has 3 nitrogen and oxygen atoms in total. The lowest BCUT2D eigenvalue weighted by atomic mass is 9.82. The van der Waals surface area contributed by atoms with Crippen LogP contribution >= 0.6 is 0 Å². The van der Waals surface area contributed by atoms with Gasteiger partial charge in [0.15, 0.2) is 0 Å². The highest BCUT2D eigenvalue weighted by molar-refractivity contribution is 6.09. The predicted molar refractivity (Wildman–Crippen MR) is 167 cm³/mol. The quantitative estimate of drug-likeness (QED) is 0.124. The van der Waals surface area contributed by atoms with Crippen LogP contribution in [0.25, 0.3) is 49.4 Å². The average Bonchev–Trinajstić information content (AvgIpc) is 3.30. The van der Waals surface area contributed by atoms with Crippen molar-refractivity contribution in [3.63, 3.8) is 0 Å². The van der Waals surface area contributed by atoms with E-state index in [4.69, 9.17) is 4.74 Å². The lowest BCUT2D eigenvalue weighted by molar-refractivity contribution is -0.130. The topological polar surface area (TPSA) is 31.2 Å².